The third kappa shape index (κ3) is 2.52. The Morgan fingerprint density at radius 3 is 2.29 bits per heavy atom. The average molecular weight is 253 g/mol. The molecule has 0 saturated heterocycles. The van der Waals surface area contributed by atoms with E-state index in [0.29, 0.717) is 5.33 Å². The summed E-state index contributed by atoms with van der Waals surface area (Å²) in [5.74, 6) is 7.01. The molecule has 0 bridgehead atoms. The second-order valence-electron chi connectivity index (χ2n) is 3.08. The molecule has 0 aliphatic heterocycles. The second-order valence-corrected chi connectivity index (χ2v) is 3.64. The molecule has 0 aliphatic carbocycles. The van der Waals surface area contributed by atoms with E-state index in [1.165, 1.54) is 0 Å². The van der Waals surface area contributed by atoms with Gasteiger partial charge in [-0.3, -0.25) is 0 Å². The van der Waals surface area contributed by atoms with Crippen LogP contribution in [-0.4, -0.2) is 12.4 Å². The molecule has 0 atom stereocenters. The van der Waals surface area contributed by atoms with Gasteiger partial charge in [-0.1, -0.05) is 27.8 Å². The quantitative estimate of drug-likeness (QED) is 0.552. The van der Waals surface area contributed by atoms with Gasteiger partial charge in [0, 0.05) is 5.56 Å². The first-order valence-corrected chi connectivity index (χ1v) is 5.51. The summed E-state index contributed by atoms with van der Waals surface area (Å²) in [7, 11) is 1.69. The van der Waals surface area contributed by atoms with Crippen molar-refractivity contribution in [2.24, 2.45) is 0 Å². The van der Waals surface area contributed by atoms with E-state index in [1.807, 2.05) is 26.0 Å². The molecule has 0 amide bonds. The number of alkyl halides is 1. The van der Waals surface area contributed by atoms with Crippen LogP contribution >= 0.6 is 15.9 Å². The number of ether oxygens (including phenoxy) is 1. The fraction of sp³-hybridized carbons (Fsp3) is 0.333. The Bertz CT molecular complexity index is 362. The Morgan fingerprint density at radius 2 is 1.86 bits per heavy atom. The Balaban J connectivity index is 3.14. The Morgan fingerprint density at radius 1 is 1.29 bits per heavy atom. The molecule has 1 aromatic carbocycles. The van der Waals surface area contributed by atoms with Crippen molar-refractivity contribution in [2.75, 3.05) is 12.4 Å². The van der Waals surface area contributed by atoms with Gasteiger partial charge in [-0.15, -0.1) is 0 Å². The van der Waals surface area contributed by atoms with E-state index in [-0.39, 0.29) is 0 Å². The summed E-state index contributed by atoms with van der Waals surface area (Å²) in [6, 6.07) is 4.09. The van der Waals surface area contributed by atoms with Crippen LogP contribution in [0.2, 0.25) is 0 Å². The number of rotatable bonds is 1. The molecule has 0 saturated carbocycles. The van der Waals surface area contributed by atoms with Gasteiger partial charge in [-0.25, -0.2) is 0 Å². The minimum absolute atomic E-state index is 0.705. The molecule has 0 heterocycles. The molecular weight excluding hydrogens is 240 g/mol. The lowest BCUT2D eigenvalue weighted by Crippen LogP contribution is -1.92. The summed E-state index contributed by atoms with van der Waals surface area (Å²) < 4.78 is 5.28. The SMILES string of the molecule is COc1c(C)cc(C#CCBr)cc1C. The average Bonchev–Trinajstić information content (AvgIpc) is 2.14. The van der Waals surface area contributed by atoms with Crippen molar-refractivity contribution in [1.29, 1.82) is 0 Å². The molecule has 0 aromatic heterocycles. The van der Waals surface area contributed by atoms with E-state index in [0.717, 1.165) is 22.4 Å². The van der Waals surface area contributed by atoms with Gasteiger partial charge in [-0.05, 0) is 37.1 Å². The van der Waals surface area contributed by atoms with Crippen LogP contribution in [0.5, 0.6) is 5.75 Å². The van der Waals surface area contributed by atoms with Gasteiger partial charge in [0.1, 0.15) is 5.75 Å². The molecule has 2 heteroatoms. The number of hydrogen-bond acceptors (Lipinski definition) is 1. The summed E-state index contributed by atoms with van der Waals surface area (Å²) in [4.78, 5) is 0. The molecule has 14 heavy (non-hydrogen) atoms. The van der Waals surface area contributed by atoms with Crippen LogP contribution in [-0.2, 0) is 0 Å². The highest BCUT2D eigenvalue weighted by Crippen LogP contribution is 2.23. The first kappa shape index (κ1) is 11.1. The molecule has 74 valence electrons. The fourth-order valence-electron chi connectivity index (χ4n) is 1.48. The van der Waals surface area contributed by atoms with Crippen LogP contribution in [0, 0.1) is 25.7 Å². The van der Waals surface area contributed by atoms with Crippen molar-refractivity contribution in [3.8, 4) is 17.6 Å². The molecule has 0 fully saturated rings. The fourth-order valence-corrected chi connectivity index (χ4v) is 1.62. The summed E-state index contributed by atoms with van der Waals surface area (Å²) in [6.45, 7) is 4.07. The number of hydrogen-bond donors (Lipinski definition) is 0. The smallest absolute Gasteiger partial charge is 0.124 e. The predicted octanol–water partition coefficient (Wildman–Crippen LogP) is 3.06. The zero-order valence-corrected chi connectivity index (χ0v) is 10.2. The van der Waals surface area contributed by atoms with Crippen molar-refractivity contribution in [3.63, 3.8) is 0 Å². The predicted molar refractivity (Wildman–Crippen MR) is 63.1 cm³/mol. The largest absolute Gasteiger partial charge is 0.496 e. The van der Waals surface area contributed by atoms with E-state index in [1.54, 1.807) is 7.11 Å². The minimum Gasteiger partial charge on any atom is -0.496 e. The molecule has 0 radical (unpaired) electrons. The molecule has 0 aliphatic rings. The summed E-state index contributed by atoms with van der Waals surface area (Å²) >= 11 is 3.27. The maximum atomic E-state index is 5.28. The topological polar surface area (TPSA) is 9.23 Å². The zero-order valence-electron chi connectivity index (χ0n) is 8.65. The molecule has 1 aromatic rings. The molecule has 1 rings (SSSR count). The molecular formula is C12H13BrO. The van der Waals surface area contributed by atoms with Gasteiger partial charge < -0.3 is 4.74 Å². The minimum atomic E-state index is 0.705. The lowest BCUT2D eigenvalue weighted by Gasteiger charge is -2.08. The van der Waals surface area contributed by atoms with Crippen molar-refractivity contribution in [3.05, 3.63) is 28.8 Å². The van der Waals surface area contributed by atoms with E-state index in [2.05, 4.69) is 27.8 Å². The summed E-state index contributed by atoms with van der Waals surface area (Å²) in [6.07, 6.45) is 0. The lowest BCUT2D eigenvalue weighted by molar-refractivity contribution is 0.408. The van der Waals surface area contributed by atoms with Crippen LogP contribution in [0.15, 0.2) is 12.1 Å². The zero-order chi connectivity index (χ0) is 10.6. The number of aryl methyl sites for hydroxylation is 2. The number of benzene rings is 1. The van der Waals surface area contributed by atoms with Crippen molar-refractivity contribution < 1.29 is 4.74 Å². The molecule has 0 spiro atoms. The number of methoxy groups -OCH3 is 1. The van der Waals surface area contributed by atoms with Gasteiger partial charge in [0.15, 0.2) is 0 Å². The third-order valence-electron chi connectivity index (χ3n) is 1.96. The highest BCUT2D eigenvalue weighted by Gasteiger charge is 2.03. The standard InChI is InChI=1S/C12H13BrO/c1-9-7-11(5-4-6-13)8-10(2)12(9)14-3/h7-8H,6H2,1-3H3. The van der Waals surface area contributed by atoms with Gasteiger partial charge in [0.05, 0.1) is 12.4 Å². The Kier molecular flexibility index (Phi) is 4.03. The van der Waals surface area contributed by atoms with Crippen molar-refractivity contribution in [1.82, 2.24) is 0 Å². The van der Waals surface area contributed by atoms with Crippen LogP contribution in [0.3, 0.4) is 0 Å². The Hall–Kier alpha value is -0.940. The molecule has 0 unspecified atom stereocenters. The lowest BCUT2D eigenvalue weighted by atomic mass is 10.1. The van der Waals surface area contributed by atoms with Crippen LogP contribution < -0.4 is 4.74 Å². The van der Waals surface area contributed by atoms with E-state index in [4.69, 9.17) is 4.74 Å². The monoisotopic (exact) mass is 252 g/mol. The van der Waals surface area contributed by atoms with Crippen LogP contribution in [0.25, 0.3) is 0 Å². The number of halogens is 1. The summed E-state index contributed by atoms with van der Waals surface area (Å²) in [5, 5.41) is 0.705. The highest BCUT2D eigenvalue weighted by molar-refractivity contribution is 9.09. The van der Waals surface area contributed by atoms with Gasteiger partial charge in [0.25, 0.3) is 0 Å². The van der Waals surface area contributed by atoms with Gasteiger partial charge in [0.2, 0.25) is 0 Å². The van der Waals surface area contributed by atoms with Crippen molar-refractivity contribution in [2.45, 2.75) is 13.8 Å². The van der Waals surface area contributed by atoms with E-state index >= 15 is 0 Å². The van der Waals surface area contributed by atoms with Gasteiger partial charge in [-0.2, -0.15) is 0 Å². The highest BCUT2D eigenvalue weighted by atomic mass is 79.9. The van der Waals surface area contributed by atoms with Crippen molar-refractivity contribution >= 4 is 15.9 Å². The first-order valence-electron chi connectivity index (χ1n) is 4.39. The van der Waals surface area contributed by atoms with Crippen LogP contribution in [0.1, 0.15) is 16.7 Å². The Labute approximate surface area is 93.6 Å². The van der Waals surface area contributed by atoms with E-state index < -0.39 is 0 Å². The van der Waals surface area contributed by atoms with Crippen LogP contribution in [0.4, 0.5) is 0 Å². The van der Waals surface area contributed by atoms with Gasteiger partial charge >= 0.3 is 0 Å². The molecule has 1 nitrogen and oxygen atoms in total. The summed E-state index contributed by atoms with van der Waals surface area (Å²) in [5.41, 5.74) is 3.30. The maximum absolute atomic E-state index is 5.28. The molecule has 0 N–H and O–H groups in total. The van der Waals surface area contributed by atoms with E-state index in [9.17, 15) is 0 Å². The third-order valence-corrected chi connectivity index (χ3v) is 2.24. The second kappa shape index (κ2) is 5.07. The maximum Gasteiger partial charge on any atom is 0.124 e. The normalized spacial score (nSPS) is 9.14. The first-order chi connectivity index (χ1) is 6.69.